The zero-order valence-corrected chi connectivity index (χ0v) is 20.1. The van der Waals surface area contributed by atoms with E-state index in [1.807, 2.05) is 0 Å². The minimum Gasteiger partial charge on any atom is -0.480 e. The average molecular weight is 445 g/mol. The summed E-state index contributed by atoms with van der Waals surface area (Å²) in [5, 5.41) is 11.8. The van der Waals surface area contributed by atoms with Crippen LogP contribution in [0.3, 0.4) is 0 Å². The zero-order valence-electron chi connectivity index (χ0n) is 20.1. The van der Waals surface area contributed by atoms with Crippen LogP contribution in [0.4, 0.5) is 4.79 Å². The monoisotopic (exact) mass is 444 g/mol. The molecule has 0 rings (SSSR count). The van der Waals surface area contributed by atoms with Crippen LogP contribution >= 0.6 is 0 Å². The number of hydrogen-bond donors (Lipinski definition) is 3. The highest BCUT2D eigenvalue weighted by atomic mass is 16.6. The summed E-state index contributed by atoms with van der Waals surface area (Å²) in [6.45, 7) is 10.6. The van der Waals surface area contributed by atoms with Gasteiger partial charge in [-0.15, -0.1) is 0 Å². The van der Waals surface area contributed by atoms with Gasteiger partial charge in [-0.05, 0) is 59.4 Å². The molecule has 0 heterocycles. The average Bonchev–Trinajstić information content (AvgIpc) is 2.63. The van der Waals surface area contributed by atoms with E-state index >= 15 is 0 Å². The van der Waals surface area contributed by atoms with Crippen molar-refractivity contribution in [2.24, 2.45) is 11.7 Å². The Morgan fingerprint density at radius 2 is 1.55 bits per heavy atom. The maximum atomic E-state index is 13.3. The normalized spacial score (nSPS) is 14.4. The van der Waals surface area contributed by atoms with Crippen molar-refractivity contribution in [2.45, 2.75) is 84.5 Å². The van der Waals surface area contributed by atoms with Crippen molar-refractivity contribution in [2.75, 3.05) is 20.6 Å². The standard InChI is InChI=1S/C21H40N4O6/c1-13(2)16(18(27)24(7)14(3)19(28)29)25(8)17(26)15(11-9-10-12-22)23-20(30)31-21(4,5)6/h13-16H,9-12,22H2,1-8H3,(H,23,30)(H,28,29)/t14-,15+,16-/m1/s1. The molecule has 0 unspecified atom stereocenters. The van der Waals surface area contributed by atoms with E-state index in [2.05, 4.69) is 5.32 Å². The molecule has 0 aromatic carbocycles. The fraction of sp³-hybridized carbons (Fsp3) is 0.810. The number of nitrogens with zero attached hydrogens (tertiary/aromatic N) is 2. The number of hydrogen-bond acceptors (Lipinski definition) is 6. The van der Waals surface area contributed by atoms with E-state index < -0.39 is 47.6 Å². The molecular formula is C21H40N4O6. The van der Waals surface area contributed by atoms with Crippen LogP contribution in [0.2, 0.25) is 0 Å². The second-order valence-electron chi connectivity index (χ2n) is 9.08. The number of carbonyl (C=O) groups is 4. The lowest BCUT2D eigenvalue weighted by molar-refractivity contribution is -0.153. The molecule has 0 saturated carbocycles. The van der Waals surface area contributed by atoms with Crippen LogP contribution in [-0.4, -0.2) is 83.1 Å². The maximum absolute atomic E-state index is 13.3. The van der Waals surface area contributed by atoms with Gasteiger partial charge in [0.2, 0.25) is 11.8 Å². The molecule has 3 atom stereocenters. The zero-order chi connectivity index (χ0) is 24.5. The number of nitrogens with two attached hydrogens (primary N) is 1. The Morgan fingerprint density at radius 3 is 1.97 bits per heavy atom. The fourth-order valence-corrected chi connectivity index (χ4v) is 3.05. The van der Waals surface area contributed by atoms with Gasteiger partial charge in [0.25, 0.3) is 0 Å². The van der Waals surface area contributed by atoms with Gasteiger partial charge in [0, 0.05) is 14.1 Å². The van der Waals surface area contributed by atoms with Gasteiger partial charge in [-0.25, -0.2) is 9.59 Å². The molecule has 0 aliphatic carbocycles. The van der Waals surface area contributed by atoms with Crippen LogP contribution < -0.4 is 11.1 Å². The summed E-state index contributed by atoms with van der Waals surface area (Å²) in [5.74, 6) is -2.36. The van der Waals surface area contributed by atoms with E-state index in [4.69, 9.17) is 10.5 Å². The number of rotatable bonds is 11. The summed E-state index contributed by atoms with van der Waals surface area (Å²) in [6, 6.07) is -2.84. The van der Waals surface area contributed by atoms with Gasteiger partial charge in [-0.2, -0.15) is 0 Å². The Labute approximate surface area is 185 Å². The lowest BCUT2D eigenvalue weighted by Crippen LogP contribution is -2.58. The van der Waals surface area contributed by atoms with Crippen LogP contribution in [0.1, 0.15) is 60.8 Å². The first kappa shape index (κ1) is 28.6. The lowest BCUT2D eigenvalue weighted by Gasteiger charge is -2.36. The second-order valence-corrected chi connectivity index (χ2v) is 9.08. The second kappa shape index (κ2) is 12.5. The van der Waals surface area contributed by atoms with Crippen molar-refractivity contribution in [1.29, 1.82) is 0 Å². The highest BCUT2D eigenvalue weighted by Gasteiger charge is 2.37. The molecule has 0 aliphatic rings. The van der Waals surface area contributed by atoms with Crippen molar-refractivity contribution in [1.82, 2.24) is 15.1 Å². The predicted octanol–water partition coefficient (Wildman–Crippen LogP) is 1.42. The van der Waals surface area contributed by atoms with Crippen molar-refractivity contribution in [3.05, 3.63) is 0 Å². The van der Waals surface area contributed by atoms with Gasteiger partial charge < -0.3 is 30.7 Å². The summed E-state index contributed by atoms with van der Waals surface area (Å²) >= 11 is 0. The quantitative estimate of drug-likeness (QED) is 0.409. The number of nitrogens with one attached hydrogen (secondary N) is 1. The molecule has 0 bridgehead atoms. The third kappa shape index (κ3) is 9.54. The molecule has 0 spiro atoms. The number of ether oxygens (including phenoxy) is 1. The minimum atomic E-state index is -1.14. The van der Waals surface area contributed by atoms with Gasteiger partial charge in [0.1, 0.15) is 23.7 Å². The molecule has 10 heteroatoms. The molecule has 0 aromatic heterocycles. The Morgan fingerprint density at radius 1 is 1.00 bits per heavy atom. The van der Waals surface area contributed by atoms with Crippen LogP contribution in [-0.2, 0) is 19.1 Å². The van der Waals surface area contributed by atoms with Gasteiger partial charge in [0.15, 0.2) is 0 Å². The van der Waals surface area contributed by atoms with E-state index in [0.717, 1.165) is 4.90 Å². The van der Waals surface area contributed by atoms with E-state index in [0.29, 0.717) is 25.8 Å². The van der Waals surface area contributed by atoms with Gasteiger partial charge >= 0.3 is 12.1 Å². The van der Waals surface area contributed by atoms with Crippen molar-refractivity contribution < 1.29 is 29.0 Å². The van der Waals surface area contributed by atoms with E-state index in [1.54, 1.807) is 34.6 Å². The van der Waals surface area contributed by atoms with Crippen LogP contribution in [0.15, 0.2) is 0 Å². The van der Waals surface area contributed by atoms with Crippen LogP contribution in [0.25, 0.3) is 0 Å². The molecule has 4 N–H and O–H groups in total. The maximum Gasteiger partial charge on any atom is 0.408 e. The Kier molecular flexibility index (Phi) is 11.5. The van der Waals surface area contributed by atoms with E-state index in [9.17, 15) is 24.3 Å². The molecule has 10 nitrogen and oxygen atoms in total. The number of likely N-dealkylation sites (N-methyl/N-ethyl adjacent to an activating group) is 2. The van der Waals surface area contributed by atoms with Crippen molar-refractivity contribution >= 4 is 23.9 Å². The topological polar surface area (TPSA) is 142 Å². The number of carboxylic acids is 1. The SMILES string of the molecule is CC(C)[C@H](C(=O)N(C)[C@H](C)C(=O)O)N(C)C(=O)[C@H](CCCCN)NC(=O)OC(C)(C)C. The number of amides is 3. The third-order valence-electron chi connectivity index (χ3n) is 4.87. The third-order valence-corrected chi connectivity index (χ3v) is 4.87. The predicted molar refractivity (Wildman–Crippen MR) is 117 cm³/mol. The van der Waals surface area contributed by atoms with E-state index in [1.165, 1.54) is 25.9 Å². The number of carboxylic acid groups (broad SMARTS) is 1. The minimum absolute atomic E-state index is 0.281. The number of unbranched alkanes of at least 4 members (excludes halogenated alkanes) is 1. The first-order valence-corrected chi connectivity index (χ1v) is 10.6. The largest absolute Gasteiger partial charge is 0.480 e. The summed E-state index contributed by atoms with van der Waals surface area (Å²) in [7, 11) is 2.88. The smallest absolute Gasteiger partial charge is 0.408 e. The molecule has 31 heavy (non-hydrogen) atoms. The number of aliphatic carboxylic acids is 1. The van der Waals surface area contributed by atoms with Crippen molar-refractivity contribution in [3.8, 4) is 0 Å². The molecule has 3 amide bonds. The van der Waals surface area contributed by atoms with Gasteiger partial charge in [-0.1, -0.05) is 13.8 Å². The highest BCUT2D eigenvalue weighted by Crippen LogP contribution is 2.17. The fourth-order valence-electron chi connectivity index (χ4n) is 3.05. The summed E-state index contributed by atoms with van der Waals surface area (Å²) in [4.78, 5) is 52.2. The summed E-state index contributed by atoms with van der Waals surface area (Å²) < 4.78 is 5.27. The number of carbonyl (C=O) groups excluding carboxylic acids is 3. The van der Waals surface area contributed by atoms with Crippen LogP contribution in [0, 0.1) is 5.92 Å². The van der Waals surface area contributed by atoms with E-state index in [-0.39, 0.29) is 5.92 Å². The van der Waals surface area contributed by atoms with Crippen LogP contribution in [0.5, 0.6) is 0 Å². The molecule has 0 aliphatic heterocycles. The first-order valence-electron chi connectivity index (χ1n) is 10.6. The van der Waals surface area contributed by atoms with Crippen molar-refractivity contribution in [3.63, 3.8) is 0 Å². The Hall–Kier alpha value is -2.36. The molecule has 0 fully saturated rings. The molecule has 0 saturated heterocycles. The molecule has 0 aromatic rings. The van der Waals surface area contributed by atoms with Gasteiger partial charge in [0.05, 0.1) is 0 Å². The summed E-state index contributed by atoms with van der Waals surface area (Å²) in [5.41, 5.74) is 4.81. The Balaban J connectivity index is 5.65. The van der Waals surface area contributed by atoms with Gasteiger partial charge in [-0.3, -0.25) is 9.59 Å². The summed E-state index contributed by atoms with van der Waals surface area (Å²) in [6.07, 6.45) is 0.887. The molecule has 180 valence electrons. The molecular weight excluding hydrogens is 404 g/mol. The Bertz CT molecular complexity index is 632. The lowest BCUT2D eigenvalue weighted by atomic mass is 9.99. The highest BCUT2D eigenvalue weighted by molar-refractivity contribution is 5.92. The number of alkyl carbamates (subject to hydrolysis) is 1. The molecule has 0 radical (unpaired) electrons. The first-order chi connectivity index (χ1) is 14.1.